The van der Waals surface area contributed by atoms with Gasteiger partial charge in [0, 0.05) is 12.6 Å². The van der Waals surface area contributed by atoms with Crippen LogP contribution in [0.15, 0.2) is 11.4 Å². The van der Waals surface area contributed by atoms with E-state index in [1.807, 2.05) is 0 Å². The van der Waals surface area contributed by atoms with Gasteiger partial charge in [-0.2, -0.15) is 0 Å². The standard InChI is InChI=1S/C10H16N2S/c1-7-2-3-13-10(7)12-6-8-4-9(11)5-8/h2-3,8-9,12H,4-6,11H2,1H3. The van der Waals surface area contributed by atoms with Crippen molar-refractivity contribution in [3.05, 3.63) is 17.0 Å². The number of anilines is 1. The van der Waals surface area contributed by atoms with Crippen LogP contribution in [-0.4, -0.2) is 12.6 Å². The highest BCUT2D eigenvalue weighted by atomic mass is 32.1. The lowest BCUT2D eigenvalue weighted by Crippen LogP contribution is -2.39. The van der Waals surface area contributed by atoms with Gasteiger partial charge < -0.3 is 11.1 Å². The van der Waals surface area contributed by atoms with Gasteiger partial charge in [-0.15, -0.1) is 11.3 Å². The third kappa shape index (κ3) is 2.03. The monoisotopic (exact) mass is 196 g/mol. The molecular formula is C10H16N2S. The van der Waals surface area contributed by atoms with Crippen LogP contribution in [0.5, 0.6) is 0 Å². The van der Waals surface area contributed by atoms with Crippen molar-refractivity contribution in [2.45, 2.75) is 25.8 Å². The SMILES string of the molecule is Cc1ccsc1NCC1CC(N)C1. The maximum Gasteiger partial charge on any atom is 0.0912 e. The lowest BCUT2D eigenvalue weighted by atomic mass is 9.81. The van der Waals surface area contributed by atoms with Gasteiger partial charge in [-0.05, 0) is 42.7 Å². The summed E-state index contributed by atoms with van der Waals surface area (Å²) in [5.41, 5.74) is 7.08. The molecule has 0 unspecified atom stereocenters. The van der Waals surface area contributed by atoms with Crippen LogP contribution >= 0.6 is 11.3 Å². The van der Waals surface area contributed by atoms with Crippen LogP contribution in [0.4, 0.5) is 5.00 Å². The molecule has 0 amide bonds. The van der Waals surface area contributed by atoms with E-state index in [9.17, 15) is 0 Å². The molecule has 2 rings (SSSR count). The zero-order chi connectivity index (χ0) is 9.26. The largest absolute Gasteiger partial charge is 0.376 e. The predicted octanol–water partition coefficient (Wildman–Crippen LogP) is 2.21. The van der Waals surface area contributed by atoms with E-state index in [2.05, 4.69) is 23.7 Å². The van der Waals surface area contributed by atoms with Crippen LogP contribution in [0.2, 0.25) is 0 Å². The first kappa shape index (κ1) is 9.03. The minimum Gasteiger partial charge on any atom is -0.376 e. The third-order valence-electron chi connectivity index (χ3n) is 2.69. The van der Waals surface area contributed by atoms with E-state index in [-0.39, 0.29) is 0 Å². The Morgan fingerprint density at radius 2 is 2.38 bits per heavy atom. The van der Waals surface area contributed by atoms with Crippen LogP contribution in [0.3, 0.4) is 0 Å². The highest BCUT2D eigenvalue weighted by Crippen LogP contribution is 2.28. The number of nitrogens with one attached hydrogen (secondary N) is 1. The number of hydrogen-bond acceptors (Lipinski definition) is 3. The molecule has 1 aromatic heterocycles. The normalized spacial score (nSPS) is 26.9. The molecule has 0 radical (unpaired) electrons. The first-order chi connectivity index (χ1) is 6.25. The number of hydrogen-bond donors (Lipinski definition) is 2. The summed E-state index contributed by atoms with van der Waals surface area (Å²) in [5.74, 6) is 0.802. The Balaban J connectivity index is 1.77. The Labute approximate surface area is 83.1 Å². The van der Waals surface area contributed by atoms with E-state index < -0.39 is 0 Å². The molecule has 1 heterocycles. The minimum atomic E-state index is 0.469. The fourth-order valence-corrected chi connectivity index (χ4v) is 2.57. The summed E-state index contributed by atoms with van der Waals surface area (Å²) in [5, 5.41) is 6.93. The second-order valence-corrected chi connectivity index (χ2v) is 4.83. The molecule has 1 aliphatic rings. The van der Waals surface area contributed by atoms with Crippen molar-refractivity contribution in [3.63, 3.8) is 0 Å². The van der Waals surface area contributed by atoms with Crippen molar-refractivity contribution in [1.29, 1.82) is 0 Å². The van der Waals surface area contributed by atoms with Gasteiger partial charge in [0.2, 0.25) is 0 Å². The Hall–Kier alpha value is -0.540. The van der Waals surface area contributed by atoms with E-state index in [0.717, 1.165) is 12.5 Å². The first-order valence-electron chi connectivity index (χ1n) is 4.79. The van der Waals surface area contributed by atoms with Gasteiger partial charge in [-0.1, -0.05) is 0 Å². The maximum absolute atomic E-state index is 5.72. The molecule has 1 saturated carbocycles. The van der Waals surface area contributed by atoms with E-state index >= 15 is 0 Å². The highest BCUT2D eigenvalue weighted by Gasteiger charge is 2.25. The molecule has 1 fully saturated rings. The average molecular weight is 196 g/mol. The Kier molecular flexibility index (Phi) is 2.56. The van der Waals surface area contributed by atoms with Crippen LogP contribution in [0, 0.1) is 12.8 Å². The minimum absolute atomic E-state index is 0.469. The van der Waals surface area contributed by atoms with Gasteiger partial charge in [-0.3, -0.25) is 0 Å². The van der Waals surface area contributed by atoms with E-state index in [1.54, 1.807) is 11.3 Å². The highest BCUT2D eigenvalue weighted by molar-refractivity contribution is 7.14. The number of nitrogens with two attached hydrogens (primary N) is 1. The molecule has 0 atom stereocenters. The molecule has 0 spiro atoms. The zero-order valence-electron chi connectivity index (χ0n) is 7.92. The fraction of sp³-hybridized carbons (Fsp3) is 0.600. The fourth-order valence-electron chi connectivity index (χ4n) is 1.74. The summed E-state index contributed by atoms with van der Waals surface area (Å²) in [7, 11) is 0. The second-order valence-electron chi connectivity index (χ2n) is 3.91. The molecule has 13 heavy (non-hydrogen) atoms. The molecule has 3 heteroatoms. The number of aryl methyl sites for hydroxylation is 1. The van der Waals surface area contributed by atoms with Gasteiger partial charge in [0.05, 0.1) is 5.00 Å². The van der Waals surface area contributed by atoms with Crippen LogP contribution < -0.4 is 11.1 Å². The Morgan fingerprint density at radius 1 is 1.62 bits per heavy atom. The lowest BCUT2D eigenvalue weighted by molar-refractivity contribution is 0.280. The summed E-state index contributed by atoms with van der Waals surface area (Å²) in [4.78, 5) is 0. The van der Waals surface area contributed by atoms with Crippen molar-refractivity contribution in [2.75, 3.05) is 11.9 Å². The van der Waals surface area contributed by atoms with Gasteiger partial charge in [0.1, 0.15) is 0 Å². The molecule has 2 nitrogen and oxygen atoms in total. The van der Waals surface area contributed by atoms with Gasteiger partial charge in [0.15, 0.2) is 0 Å². The summed E-state index contributed by atoms with van der Waals surface area (Å²) in [6.45, 7) is 3.24. The number of rotatable bonds is 3. The van der Waals surface area contributed by atoms with Crippen molar-refractivity contribution >= 4 is 16.3 Å². The molecule has 3 N–H and O–H groups in total. The molecular weight excluding hydrogens is 180 g/mol. The predicted molar refractivity (Wildman–Crippen MR) is 58.2 cm³/mol. The molecule has 72 valence electrons. The van der Waals surface area contributed by atoms with Gasteiger partial charge in [-0.25, -0.2) is 0 Å². The van der Waals surface area contributed by atoms with E-state index in [0.29, 0.717) is 6.04 Å². The molecule has 1 aliphatic carbocycles. The average Bonchev–Trinajstić information content (AvgIpc) is 2.43. The van der Waals surface area contributed by atoms with Crippen LogP contribution in [0.25, 0.3) is 0 Å². The zero-order valence-corrected chi connectivity index (χ0v) is 8.73. The molecule has 0 bridgehead atoms. The topological polar surface area (TPSA) is 38.0 Å². The van der Waals surface area contributed by atoms with Crippen LogP contribution in [-0.2, 0) is 0 Å². The maximum atomic E-state index is 5.72. The van der Waals surface area contributed by atoms with Crippen molar-refractivity contribution in [2.24, 2.45) is 11.7 Å². The van der Waals surface area contributed by atoms with Crippen molar-refractivity contribution < 1.29 is 0 Å². The molecule has 1 aromatic rings. The molecule has 0 aromatic carbocycles. The lowest BCUT2D eigenvalue weighted by Gasteiger charge is -2.32. The van der Waals surface area contributed by atoms with Crippen molar-refractivity contribution in [1.82, 2.24) is 0 Å². The van der Waals surface area contributed by atoms with Gasteiger partial charge >= 0.3 is 0 Å². The second kappa shape index (κ2) is 3.68. The van der Waals surface area contributed by atoms with Crippen molar-refractivity contribution in [3.8, 4) is 0 Å². The summed E-state index contributed by atoms with van der Waals surface area (Å²) in [6, 6.07) is 2.62. The summed E-state index contributed by atoms with van der Waals surface area (Å²) < 4.78 is 0. The third-order valence-corrected chi connectivity index (χ3v) is 3.66. The first-order valence-corrected chi connectivity index (χ1v) is 5.67. The van der Waals surface area contributed by atoms with E-state index in [4.69, 9.17) is 5.73 Å². The smallest absolute Gasteiger partial charge is 0.0912 e. The summed E-state index contributed by atoms with van der Waals surface area (Å²) in [6.07, 6.45) is 2.38. The number of thiophene rings is 1. The van der Waals surface area contributed by atoms with Gasteiger partial charge in [0.25, 0.3) is 0 Å². The quantitative estimate of drug-likeness (QED) is 0.778. The van der Waals surface area contributed by atoms with E-state index in [1.165, 1.54) is 23.4 Å². The Morgan fingerprint density at radius 3 is 2.92 bits per heavy atom. The molecule has 0 saturated heterocycles. The van der Waals surface area contributed by atoms with Crippen LogP contribution in [0.1, 0.15) is 18.4 Å². The summed E-state index contributed by atoms with van der Waals surface area (Å²) >= 11 is 1.78. The Bertz CT molecular complexity index is 276. The molecule has 0 aliphatic heterocycles.